The lowest BCUT2D eigenvalue weighted by atomic mass is 9.88. The number of benzene rings is 2. The van der Waals surface area contributed by atoms with Gasteiger partial charge < -0.3 is 19.6 Å². The molecule has 6 rings (SSSR count). The molecule has 10 nitrogen and oxygen atoms in total. The van der Waals surface area contributed by atoms with Crippen LogP contribution in [0.15, 0.2) is 30.7 Å². The third-order valence-electron chi connectivity index (χ3n) is 7.24. The number of H-pyrrole nitrogens is 1. The van der Waals surface area contributed by atoms with Crippen LogP contribution in [0, 0.1) is 18.3 Å². The number of carbonyl (C=O) groups is 1. The van der Waals surface area contributed by atoms with Crippen molar-refractivity contribution >= 4 is 33.7 Å². The molecule has 0 saturated carbocycles. The number of amides is 1. The van der Waals surface area contributed by atoms with Crippen molar-refractivity contribution in [2.24, 2.45) is 0 Å². The maximum absolute atomic E-state index is 11.7. The normalized spacial score (nSPS) is 17.6. The number of nitrogens with one attached hydrogen (secondary N) is 1. The monoisotopic (exact) mass is 483 g/mol. The van der Waals surface area contributed by atoms with Gasteiger partial charge in [0, 0.05) is 30.6 Å². The quantitative estimate of drug-likeness (QED) is 0.449. The van der Waals surface area contributed by atoms with E-state index in [0.717, 1.165) is 68.5 Å². The highest BCUT2D eigenvalue weighted by atomic mass is 16.5. The number of nitrogens with zero attached hydrogens (tertiary/aromatic N) is 6. The number of carboxylic acid groups (broad SMARTS) is 1. The molecule has 0 radical (unpaired) electrons. The highest BCUT2D eigenvalue weighted by Gasteiger charge is 2.33. The molecule has 4 aromatic rings. The molecule has 36 heavy (non-hydrogen) atoms. The topological polar surface area (TPSA) is 131 Å². The summed E-state index contributed by atoms with van der Waals surface area (Å²) >= 11 is 0. The molecule has 1 amide bonds. The molecule has 4 heterocycles. The summed E-state index contributed by atoms with van der Waals surface area (Å²) in [4.78, 5) is 24.4. The van der Waals surface area contributed by atoms with Crippen molar-refractivity contribution in [3.8, 4) is 22.9 Å². The van der Waals surface area contributed by atoms with Crippen molar-refractivity contribution in [1.29, 1.82) is 5.26 Å². The third kappa shape index (κ3) is 3.47. The van der Waals surface area contributed by atoms with Crippen molar-refractivity contribution in [2.75, 3.05) is 31.1 Å². The van der Waals surface area contributed by atoms with E-state index < -0.39 is 12.1 Å². The van der Waals surface area contributed by atoms with E-state index in [1.165, 1.54) is 4.90 Å². The van der Waals surface area contributed by atoms with Gasteiger partial charge in [0.25, 0.3) is 0 Å². The fourth-order valence-corrected chi connectivity index (χ4v) is 5.57. The summed E-state index contributed by atoms with van der Waals surface area (Å²) < 4.78 is 6.31. The fraction of sp³-hybridized carbons (Fsp3) is 0.346. The number of aromatic amines is 1. The Bertz CT molecular complexity index is 1540. The van der Waals surface area contributed by atoms with Crippen LogP contribution in [-0.2, 0) is 6.42 Å². The predicted molar refractivity (Wildman–Crippen MR) is 134 cm³/mol. The smallest absolute Gasteiger partial charge is 0.407 e. The minimum absolute atomic E-state index is 0.124. The van der Waals surface area contributed by atoms with E-state index in [4.69, 9.17) is 4.74 Å². The number of hydrogen-bond acceptors (Lipinski definition) is 7. The number of rotatable bonds is 3. The van der Waals surface area contributed by atoms with Crippen molar-refractivity contribution in [2.45, 2.75) is 32.2 Å². The number of aromatic nitrogens is 4. The Kier molecular flexibility index (Phi) is 5.33. The Hall–Kier alpha value is -4.39. The predicted octanol–water partition coefficient (Wildman–Crippen LogP) is 3.89. The summed E-state index contributed by atoms with van der Waals surface area (Å²) in [5, 5.41) is 28.1. The van der Waals surface area contributed by atoms with E-state index in [1.54, 1.807) is 6.33 Å². The zero-order chi connectivity index (χ0) is 24.8. The largest absolute Gasteiger partial charge is 0.492 e. The summed E-state index contributed by atoms with van der Waals surface area (Å²) in [7, 11) is 0. The van der Waals surface area contributed by atoms with E-state index in [-0.39, 0.29) is 6.42 Å². The van der Waals surface area contributed by atoms with Crippen LogP contribution in [0.4, 0.5) is 10.6 Å². The summed E-state index contributed by atoms with van der Waals surface area (Å²) in [5.41, 5.74) is 6.23. The van der Waals surface area contributed by atoms with Gasteiger partial charge in [-0.2, -0.15) is 10.4 Å². The average molecular weight is 484 g/mol. The van der Waals surface area contributed by atoms with Crippen LogP contribution in [0.2, 0.25) is 0 Å². The van der Waals surface area contributed by atoms with Gasteiger partial charge in [-0.05, 0) is 48.6 Å². The lowest BCUT2D eigenvalue weighted by Gasteiger charge is -2.40. The molecule has 2 aromatic carbocycles. The zero-order valence-corrected chi connectivity index (χ0v) is 19.9. The van der Waals surface area contributed by atoms with Crippen LogP contribution in [0.1, 0.15) is 24.0 Å². The summed E-state index contributed by atoms with van der Waals surface area (Å²) in [5.74, 6) is 1.51. The Morgan fingerprint density at radius 3 is 3.06 bits per heavy atom. The molecule has 1 fully saturated rings. The number of fused-ring (bicyclic) bond motifs is 4. The molecule has 10 heteroatoms. The van der Waals surface area contributed by atoms with Gasteiger partial charge in [-0.15, -0.1) is 0 Å². The minimum Gasteiger partial charge on any atom is -0.492 e. The number of nitriles is 1. The van der Waals surface area contributed by atoms with Gasteiger partial charge in [-0.1, -0.05) is 6.07 Å². The van der Waals surface area contributed by atoms with Gasteiger partial charge >= 0.3 is 6.09 Å². The Morgan fingerprint density at radius 2 is 2.22 bits per heavy atom. The molecule has 182 valence electrons. The Balaban J connectivity index is 1.53. The second kappa shape index (κ2) is 8.68. The Labute approximate surface area is 207 Å². The van der Waals surface area contributed by atoms with Crippen LogP contribution in [-0.4, -0.2) is 68.5 Å². The number of hydrogen-bond donors (Lipinski definition) is 2. The van der Waals surface area contributed by atoms with Crippen LogP contribution in [0.3, 0.4) is 0 Å². The molecule has 0 unspecified atom stereocenters. The van der Waals surface area contributed by atoms with Crippen molar-refractivity contribution in [3.63, 3.8) is 0 Å². The number of aryl methyl sites for hydroxylation is 1. The molecule has 2 aromatic heterocycles. The maximum Gasteiger partial charge on any atom is 0.407 e. The molecule has 0 spiro atoms. The van der Waals surface area contributed by atoms with Crippen LogP contribution in [0.25, 0.3) is 32.9 Å². The molecule has 2 aliphatic rings. The highest BCUT2D eigenvalue weighted by Crippen LogP contribution is 2.45. The SMILES string of the molecule is Cc1ccc2[nH]ncc2c1-c1cc2ncnc(N3CCN(C(=O)O)[C@@H](CC#N)C3)c2c2c1CCCO2. The third-order valence-corrected chi connectivity index (χ3v) is 7.24. The van der Waals surface area contributed by atoms with Crippen LogP contribution in [0.5, 0.6) is 5.75 Å². The molecular formula is C26H25N7O3. The number of anilines is 1. The van der Waals surface area contributed by atoms with Gasteiger partial charge in [0.1, 0.15) is 17.9 Å². The molecule has 2 N–H and O–H groups in total. The van der Waals surface area contributed by atoms with E-state index >= 15 is 0 Å². The first-order chi connectivity index (χ1) is 17.6. The number of ether oxygens (including phenoxy) is 1. The second-order valence-electron chi connectivity index (χ2n) is 9.30. The number of piperazine rings is 1. The van der Waals surface area contributed by atoms with Crippen molar-refractivity contribution in [3.05, 3.63) is 41.9 Å². The van der Waals surface area contributed by atoms with Crippen molar-refractivity contribution < 1.29 is 14.6 Å². The molecule has 1 saturated heterocycles. The lowest BCUT2D eigenvalue weighted by molar-refractivity contribution is 0.119. The van der Waals surface area contributed by atoms with E-state index in [0.29, 0.717) is 26.2 Å². The summed E-state index contributed by atoms with van der Waals surface area (Å²) in [6, 6.07) is 7.95. The van der Waals surface area contributed by atoms with Gasteiger partial charge in [0.05, 0.1) is 47.8 Å². The summed E-state index contributed by atoms with van der Waals surface area (Å²) in [6.07, 6.45) is 4.31. The van der Waals surface area contributed by atoms with E-state index in [1.807, 2.05) is 12.3 Å². The molecule has 2 aliphatic heterocycles. The first kappa shape index (κ1) is 22.1. The highest BCUT2D eigenvalue weighted by molar-refractivity contribution is 6.04. The first-order valence-corrected chi connectivity index (χ1v) is 12.0. The minimum atomic E-state index is -1.00. The average Bonchev–Trinajstić information content (AvgIpc) is 3.37. The first-order valence-electron chi connectivity index (χ1n) is 12.0. The van der Waals surface area contributed by atoms with Gasteiger partial charge in [0.15, 0.2) is 0 Å². The zero-order valence-electron chi connectivity index (χ0n) is 19.9. The molecule has 0 bridgehead atoms. The van der Waals surface area contributed by atoms with E-state index in [2.05, 4.69) is 50.2 Å². The molecular weight excluding hydrogens is 458 g/mol. The van der Waals surface area contributed by atoms with Crippen molar-refractivity contribution in [1.82, 2.24) is 25.1 Å². The standard InChI is InChI=1S/C26H25N7O3/c1-15-4-5-20-19(12-30-31-20)22(15)18-11-21-23(24-17(18)3-2-10-36-24)25(29-14-28-21)32-8-9-33(26(34)35)16(13-32)6-7-27/h4-5,11-12,14,16H,2-3,6,8-10,13H2,1H3,(H,30,31)(H,34,35)/t16-/m0/s1. The molecule has 1 atom stereocenters. The maximum atomic E-state index is 11.7. The molecule has 0 aliphatic carbocycles. The van der Waals surface area contributed by atoms with Crippen LogP contribution < -0.4 is 9.64 Å². The van der Waals surface area contributed by atoms with Gasteiger partial charge in [-0.3, -0.25) is 5.10 Å². The van der Waals surface area contributed by atoms with Gasteiger partial charge in [0.2, 0.25) is 0 Å². The van der Waals surface area contributed by atoms with Crippen LogP contribution >= 0.6 is 0 Å². The van der Waals surface area contributed by atoms with E-state index in [9.17, 15) is 15.2 Å². The lowest BCUT2D eigenvalue weighted by Crippen LogP contribution is -2.55. The van der Waals surface area contributed by atoms with Gasteiger partial charge in [-0.25, -0.2) is 14.8 Å². The Morgan fingerprint density at radius 1 is 1.33 bits per heavy atom. The fourth-order valence-electron chi connectivity index (χ4n) is 5.57. The second-order valence-corrected chi connectivity index (χ2v) is 9.30. The summed E-state index contributed by atoms with van der Waals surface area (Å²) in [6.45, 7) is 3.87.